The van der Waals surface area contributed by atoms with Crippen molar-refractivity contribution in [1.82, 2.24) is 14.9 Å². The Morgan fingerprint density at radius 2 is 1.45 bits per heavy atom. The Balaban J connectivity index is 2.24. The Kier molecular flexibility index (Phi) is 5.21. The van der Waals surface area contributed by atoms with Crippen molar-refractivity contribution in [3.63, 3.8) is 0 Å². The average molecular weight is 271 g/mol. The van der Waals surface area contributed by atoms with Crippen molar-refractivity contribution in [2.75, 3.05) is 13.1 Å². The molecule has 2 aromatic heterocycles. The van der Waals surface area contributed by atoms with Gasteiger partial charge in [-0.2, -0.15) is 0 Å². The third kappa shape index (κ3) is 3.62. The average Bonchev–Trinajstić information content (AvgIpc) is 2.53. The Morgan fingerprint density at radius 3 is 2.00 bits per heavy atom. The first kappa shape index (κ1) is 14.6. The van der Waals surface area contributed by atoms with Gasteiger partial charge >= 0.3 is 0 Å². The molecule has 0 aliphatic heterocycles. The van der Waals surface area contributed by atoms with Gasteiger partial charge in [0.2, 0.25) is 0 Å². The molecule has 4 heteroatoms. The van der Waals surface area contributed by atoms with Crippen molar-refractivity contribution in [3.05, 3.63) is 47.8 Å². The molecule has 2 heterocycles. The van der Waals surface area contributed by atoms with Crippen molar-refractivity contribution >= 4 is 0 Å². The topological polar surface area (TPSA) is 49.2 Å². The van der Waals surface area contributed by atoms with E-state index in [0.717, 1.165) is 36.7 Å². The maximum atomic E-state index is 9.16. The van der Waals surface area contributed by atoms with Gasteiger partial charge in [-0.25, -0.2) is 9.97 Å². The molecule has 0 spiro atoms. The van der Waals surface area contributed by atoms with Gasteiger partial charge in [0.05, 0.1) is 29.4 Å². The lowest BCUT2D eigenvalue weighted by Crippen LogP contribution is -2.22. The molecule has 0 amide bonds. The lowest BCUT2D eigenvalue weighted by atomic mass is 10.2. The van der Waals surface area contributed by atoms with Crippen molar-refractivity contribution in [3.8, 4) is 11.4 Å². The number of hydrogen-bond acceptors (Lipinski definition) is 4. The van der Waals surface area contributed by atoms with E-state index in [1.807, 2.05) is 36.4 Å². The summed E-state index contributed by atoms with van der Waals surface area (Å²) in [5.74, 6) is 0. The van der Waals surface area contributed by atoms with E-state index in [-0.39, 0.29) is 6.61 Å². The van der Waals surface area contributed by atoms with Crippen LogP contribution in [0.25, 0.3) is 11.4 Å². The number of aliphatic hydroxyl groups excluding tert-OH is 1. The van der Waals surface area contributed by atoms with E-state index in [9.17, 15) is 0 Å². The maximum Gasteiger partial charge on any atom is 0.0890 e. The normalized spacial score (nSPS) is 11.0. The molecule has 2 aromatic rings. The van der Waals surface area contributed by atoms with Crippen LogP contribution in [0.15, 0.2) is 36.4 Å². The molecule has 0 unspecified atom stereocenters. The molecule has 0 bridgehead atoms. The summed E-state index contributed by atoms with van der Waals surface area (Å²) < 4.78 is 0. The first-order valence-electron chi connectivity index (χ1n) is 7.02. The summed E-state index contributed by atoms with van der Waals surface area (Å²) in [6.07, 6.45) is 0. The number of aliphatic hydroxyl groups is 1. The molecule has 0 atom stereocenters. The Labute approximate surface area is 120 Å². The highest BCUT2D eigenvalue weighted by Gasteiger charge is 2.06. The van der Waals surface area contributed by atoms with Gasteiger partial charge in [-0.15, -0.1) is 0 Å². The summed E-state index contributed by atoms with van der Waals surface area (Å²) in [6.45, 7) is 7.13. The summed E-state index contributed by atoms with van der Waals surface area (Å²) in [5, 5.41) is 9.16. The highest BCUT2D eigenvalue weighted by Crippen LogP contribution is 2.16. The lowest BCUT2D eigenvalue weighted by Gasteiger charge is -2.17. The van der Waals surface area contributed by atoms with Crippen LogP contribution in [0.3, 0.4) is 0 Å². The monoisotopic (exact) mass is 271 g/mol. The third-order valence-corrected chi connectivity index (χ3v) is 3.32. The minimum Gasteiger partial charge on any atom is -0.390 e. The van der Waals surface area contributed by atoms with Gasteiger partial charge in [0, 0.05) is 6.54 Å². The molecule has 4 nitrogen and oxygen atoms in total. The number of rotatable bonds is 6. The summed E-state index contributed by atoms with van der Waals surface area (Å²) in [5.41, 5.74) is 3.36. The van der Waals surface area contributed by atoms with Crippen LogP contribution in [0, 0.1) is 0 Å². The van der Waals surface area contributed by atoms with Crippen LogP contribution in [0.1, 0.15) is 25.2 Å². The predicted molar refractivity (Wildman–Crippen MR) is 80.0 cm³/mol. The summed E-state index contributed by atoms with van der Waals surface area (Å²) in [7, 11) is 0. The zero-order valence-corrected chi connectivity index (χ0v) is 12.1. The minimum atomic E-state index is -0.0486. The fraction of sp³-hybridized carbons (Fsp3) is 0.375. The minimum absolute atomic E-state index is 0.0486. The first-order valence-corrected chi connectivity index (χ1v) is 7.02. The van der Waals surface area contributed by atoms with Crippen molar-refractivity contribution < 1.29 is 5.11 Å². The second kappa shape index (κ2) is 7.12. The molecule has 1 N–H and O–H groups in total. The van der Waals surface area contributed by atoms with E-state index < -0.39 is 0 Å². The standard InChI is InChI=1S/C16H21N3O/c1-3-19(4-2)11-13-7-5-9-15(17-13)16-10-6-8-14(12-20)18-16/h5-10,20H,3-4,11-12H2,1-2H3. The first-order chi connectivity index (χ1) is 9.76. The molecule has 2 rings (SSSR count). The molecule has 0 saturated carbocycles. The molecule has 0 aromatic carbocycles. The quantitative estimate of drug-likeness (QED) is 0.877. The van der Waals surface area contributed by atoms with E-state index in [4.69, 9.17) is 5.11 Å². The second-order valence-electron chi connectivity index (χ2n) is 4.65. The Morgan fingerprint density at radius 1 is 0.900 bits per heavy atom. The molecular formula is C16H21N3O. The smallest absolute Gasteiger partial charge is 0.0890 e. The van der Waals surface area contributed by atoms with Gasteiger partial charge in [0.15, 0.2) is 0 Å². The van der Waals surface area contributed by atoms with Crippen LogP contribution in [0.5, 0.6) is 0 Å². The van der Waals surface area contributed by atoms with E-state index >= 15 is 0 Å². The van der Waals surface area contributed by atoms with Crippen LogP contribution in [0.2, 0.25) is 0 Å². The van der Waals surface area contributed by atoms with Crippen LogP contribution < -0.4 is 0 Å². The van der Waals surface area contributed by atoms with Gasteiger partial charge in [-0.3, -0.25) is 4.90 Å². The Hall–Kier alpha value is -1.78. The fourth-order valence-corrected chi connectivity index (χ4v) is 2.10. The molecular weight excluding hydrogens is 250 g/mol. The molecule has 106 valence electrons. The fourth-order valence-electron chi connectivity index (χ4n) is 2.10. The highest BCUT2D eigenvalue weighted by molar-refractivity contribution is 5.54. The number of aromatic nitrogens is 2. The van der Waals surface area contributed by atoms with E-state index in [1.165, 1.54) is 0 Å². The van der Waals surface area contributed by atoms with Gasteiger partial charge in [0.1, 0.15) is 0 Å². The number of hydrogen-bond donors (Lipinski definition) is 1. The van der Waals surface area contributed by atoms with Gasteiger partial charge in [0.25, 0.3) is 0 Å². The highest BCUT2D eigenvalue weighted by atomic mass is 16.3. The zero-order valence-electron chi connectivity index (χ0n) is 12.1. The van der Waals surface area contributed by atoms with E-state index in [1.54, 1.807) is 0 Å². The van der Waals surface area contributed by atoms with Gasteiger partial charge in [-0.05, 0) is 37.4 Å². The molecule has 20 heavy (non-hydrogen) atoms. The maximum absolute atomic E-state index is 9.16. The summed E-state index contributed by atoms with van der Waals surface area (Å²) in [6, 6.07) is 11.6. The summed E-state index contributed by atoms with van der Waals surface area (Å²) in [4.78, 5) is 11.4. The lowest BCUT2D eigenvalue weighted by molar-refractivity contribution is 0.277. The van der Waals surface area contributed by atoms with E-state index in [0.29, 0.717) is 5.69 Å². The SMILES string of the molecule is CCN(CC)Cc1cccc(-c2cccc(CO)n2)n1. The Bertz CT molecular complexity index is 553. The van der Waals surface area contributed by atoms with Crippen molar-refractivity contribution in [2.45, 2.75) is 27.0 Å². The number of pyridine rings is 2. The van der Waals surface area contributed by atoms with Crippen LogP contribution >= 0.6 is 0 Å². The van der Waals surface area contributed by atoms with Crippen molar-refractivity contribution in [1.29, 1.82) is 0 Å². The van der Waals surface area contributed by atoms with Crippen LogP contribution in [-0.4, -0.2) is 33.1 Å². The van der Waals surface area contributed by atoms with Gasteiger partial charge < -0.3 is 5.11 Å². The molecule has 0 saturated heterocycles. The van der Waals surface area contributed by atoms with Crippen molar-refractivity contribution in [2.24, 2.45) is 0 Å². The zero-order chi connectivity index (χ0) is 14.4. The third-order valence-electron chi connectivity index (χ3n) is 3.32. The van der Waals surface area contributed by atoms with Gasteiger partial charge in [-0.1, -0.05) is 26.0 Å². The van der Waals surface area contributed by atoms with E-state index in [2.05, 4.69) is 28.7 Å². The summed E-state index contributed by atoms with van der Waals surface area (Å²) >= 11 is 0. The molecule has 0 radical (unpaired) electrons. The van der Waals surface area contributed by atoms with Crippen LogP contribution in [0.4, 0.5) is 0 Å². The van der Waals surface area contributed by atoms with Crippen LogP contribution in [-0.2, 0) is 13.2 Å². The molecule has 0 fully saturated rings. The second-order valence-corrected chi connectivity index (χ2v) is 4.65. The predicted octanol–water partition coefficient (Wildman–Crippen LogP) is 2.48. The molecule has 0 aliphatic rings. The number of nitrogens with zero attached hydrogens (tertiary/aromatic N) is 3. The molecule has 0 aliphatic carbocycles. The largest absolute Gasteiger partial charge is 0.390 e.